The van der Waals surface area contributed by atoms with E-state index in [4.69, 9.17) is 25.5 Å². The molecule has 0 aromatic heterocycles. The SMILES string of the molecule is CCCC(=O)NOP(=S)(OCC)OCC. The summed E-state index contributed by atoms with van der Waals surface area (Å²) < 4.78 is 15.3. The summed E-state index contributed by atoms with van der Waals surface area (Å²) in [5.41, 5.74) is 2.25. The number of hydroxylamine groups is 1. The van der Waals surface area contributed by atoms with Crippen LogP contribution in [0.5, 0.6) is 0 Å². The molecule has 0 spiro atoms. The highest BCUT2D eigenvalue weighted by molar-refractivity contribution is 8.07. The summed E-state index contributed by atoms with van der Waals surface area (Å²) in [4.78, 5) is 11.1. The van der Waals surface area contributed by atoms with Crippen LogP contribution in [0.2, 0.25) is 0 Å². The molecule has 0 aliphatic carbocycles. The largest absolute Gasteiger partial charge is 0.349 e. The molecule has 1 amide bonds. The van der Waals surface area contributed by atoms with Gasteiger partial charge < -0.3 is 9.05 Å². The van der Waals surface area contributed by atoms with Crippen molar-refractivity contribution in [1.29, 1.82) is 0 Å². The summed E-state index contributed by atoms with van der Waals surface area (Å²) >= 11 is 5.03. The molecule has 1 N–H and O–H groups in total. The van der Waals surface area contributed by atoms with E-state index in [-0.39, 0.29) is 5.91 Å². The Morgan fingerprint density at radius 2 is 1.80 bits per heavy atom. The summed E-state index contributed by atoms with van der Waals surface area (Å²) in [6, 6.07) is 0. The van der Waals surface area contributed by atoms with Crippen LogP contribution in [0.15, 0.2) is 0 Å². The molecule has 0 aromatic carbocycles. The zero-order valence-corrected chi connectivity index (χ0v) is 11.0. The first-order chi connectivity index (χ1) is 7.08. The van der Waals surface area contributed by atoms with E-state index < -0.39 is 6.72 Å². The minimum atomic E-state index is -2.80. The Kier molecular flexibility index (Phi) is 8.19. The molecule has 0 atom stereocenters. The maximum Gasteiger partial charge on any atom is 0.349 e. The fraction of sp³-hybridized carbons (Fsp3) is 0.875. The van der Waals surface area contributed by atoms with Crippen molar-refractivity contribution >= 4 is 24.4 Å². The first-order valence-electron chi connectivity index (χ1n) is 4.94. The number of nitrogens with one attached hydrogen (secondary N) is 1. The van der Waals surface area contributed by atoms with E-state index >= 15 is 0 Å². The van der Waals surface area contributed by atoms with Gasteiger partial charge in [-0.05, 0) is 32.1 Å². The highest BCUT2D eigenvalue weighted by atomic mass is 32.5. The third kappa shape index (κ3) is 6.98. The van der Waals surface area contributed by atoms with Crippen molar-refractivity contribution in [3.63, 3.8) is 0 Å². The smallest absolute Gasteiger partial charge is 0.308 e. The van der Waals surface area contributed by atoms with Crippen molar-refractivity contribution in [1.82, 2.24) is 5.48 Å². The maximum absolute atomic E-state index is 11.1. The Morgan fingerprint density at radius 3 is 2.20 bits per heavy atom. The summed E-state index contributed by atoms with van der Waals surface area (Å²) in [7, 11) is 0. The van der Waals surface area contributed by atoms with Gasteiger partial charge in [0.25, 0.3) is 0 Å². The molecule has 0 aromatic rings. The monoisotopic (exact) mass is 255 g/mol. The van der Waals surface area contributed by atoms with Gasteiger partial charge in [0.2, 0.25) is 5.91 Å². The van der Waals surface area contributed by atoms with Crippen LogP contribution in [0.4, 0.5) is 0 Å². The summed E-state index contributed by atoms with van der Waals surface area (Å²) in [6.45, 7) is 3.47. The number of carbonyl (C=O) groups excluding carboxylic acids is 1. The summed E-state index contributed by atoms with van der Waals surface area (Å²) in [6.07, 6.45) is 1.15. The molecule has 90 valence electrons. The lowest BCUT2D eigenvalue weighted by atomic mass is 10.3. The topological polar surface area (TPSA) is 56.8 Å². The van der Waals surface area contributed by atoms with E-state index in [9.17, 15) is 4.79 Å². The van der Waals surface area contributed by atoms with Crippen LogP contribution in [0.1, 0.15) is 33.6 Å². The molecule has 0 saturated carbocycles. The van der Waals surface area contributed by atoms with Gasteiger partial charge in [-0.2, -0.15) is 4.62 Å². The molecule has 0 rings (SSSR count). The fourth-order valence-corrected chi connectivity index (χ4v) is 2.56. The second-order valence-electron chi connectivity index (χ2n) is 2.65. The number of amides is 1. The van der Waals surface area contributed by atoms with E-state index in [2.05, 4.69) is 5.48 Å². The minimum Gasteiger partial charge on any atom is -0.308 e. The average molecular weight is 255 g/mol. The summed E-state index contributed by atoms with van der Waals surface area (Å²) in [5.74, 6) is -0.217. The highest BCUT2D eigenvalue weighted by Crippen LogP contribution is 2.48. The van der Waals surface area contributed by atoms with E-state index in [0.29, 0.717) is 19.6 Å². The molecule has 5 nitrogen and oxygen atoms in total. The van der Waals surface area contributed by atoms with Crippen LogP contribution >= 0.6 is 6.72 Å². The van der Waals surface area contributed by atoms with Gasteiger partial charge >= 0.3 is 6.72 Å². The van der Waals surface area contributed by atoms with E-state index in [0.717, 1.165) is 6.42 Å². The second-order valence-corrected chi connectivity index (χ2v) is 5.58. The Bertz CT molecular complexity index is 227. The van der Waals surface area contributed by atoms with Gasteiger partial charge in [0.15, 0.2) is 0 Å². The molecule has 7 heteroatoms. The third-order valence-corrected chi connectivity index (χ3v) is 3.64. The molecular formula is C8H18NO4PS. The van der Waals surface area contributed by atoms with Crippen LogP contribution in [0.3, 0.4) is 0 Å². The van der Waals surface area contributed by atoms with Crippen molar-refractivity contribution in [3.05, 3.63) is 0 Å². The van der Waals surface area contributed by atoms with Crippen molar-refractivity contribution < 1.29 is 18.5 Å². The fourth-order valence-electron chi connectivity index (χ4n) is 0.791. The van der Waals surface area contributed by atoms with Gasteiger partial charge in [-0.1, -0.05) is 6.92 Å². The van der Waals surface area contributed by atoms with E-state index in [1.54, 1.807) is 13.8 Å². The number of hydrogen-bond acceptors (Lipinski definition) is 5. The standard InChI is InChI=1S/C8H18NO4PS/c1-4-7-8(10)9-13-14(15,11-5-2)12-6-3/h4-7H2,1-3H3,(H,9,10). The molecule has 0 radical (unpaired) electrons. The molecule has 0 unspecified atom stereocenters. The van der Waals surface area contributed by atoms with Crippen LogP contribution in [0.25, 0.3) is 0 Å². The Balaban J connectivity index is 4.06. The predicted molar refractivity (Wildman–Crippen MR) is 61.7 cm³/mol. The van der Waals surface area contributed by atoms with Gasteiger partial charge in [-0.3, -0.25) is 4.79 Å². The highest BCUT2D eigenvalue weighted by Gasteiger charge is 2.20. The predicted octanol–water partition coefficient (Wildman–Crippen LogP) is 2.13. The first-order valence-corrected chi connectivity index (χ1v) is 7.50. The molecule has 15 heavy (non-hydrogen) atoms. The number of rotatable bonds is 8. The second kappa shape index (κ2) is 8.19. The van der Waals surface area contributed by atoms with Gasteiger partial charge in [0, 0.05) is 6.42 Å². The van der Waals surface area contributed by atoms with Crippen LogP contribution in [-0.4, -0.2) is 19.1 Å². The third-order valence-electron chi connectivity index (χ3n) is 1.32. The lowest BCUT2D eigenvalue weighted by molar-refractivity contribution is -0.128. The Morgan fingerprint density at radius 1 is 1.27 bits per heavy atom. The van der Waals surface area contributed by atoms with Gasteiger partial charge in [0.1, 0.15) is 0 Å². The molecule has 0 bridgehead atoms. The van der Waals surface area contributed by atoms with Crippen molar-refractivity contribution in [3.8, 4) is 0 Å². The van der Waals surface area contributed by atoms with Crippen LogP contribution in [-0.2, 0) is 30.3 Å². The minimum absolute atomic E-state index is 0.217. The molecule has 0 heterocycles. The number of hydrogen-bond donors (Lipinski definition) is 1. The summed E-state index contributed by atoms with van der Waals surface area (Å²) in [5, 5.41) is 0. The van der Waals surface area contributed by atoms with E-state index in [1.165, 1.54) is 0 Å². The average Bonchev–Trinajstić information content (AvgIpc) is 2.16. The van der Waals surface area contributed by atoms with Crippen molar-refractivity contribution in [2.45, 2.75) is 33.6 Å². The van der Waals surface area contributed by atoms with E-state index in [1.807, 2.05) is 6.92 Å². The van der Waals surface area contributed by atoms with Crippen LogP contribution < -0.4 is 5.48 Å². The molecule has 0 fully saturated rings. The molecule has 0 aliphatic rings. The zero-order valence-electron chi connectivity index (χ0n) is 9.32. The Hall–Kier alpha value is -0.0000000000000000694. The Labute approximate surface area is 95.7 Å². The molecular weight excluding hydrogens is 237 g/mol. The molecule has 0 saturated heterocycles. The molecule has 0 aliphatic heterocycles. The van der Waals surface area contributed by atoms with Crippen molar-refractivity contribution in [2.24, 2.45) is 0 Å². The maximum atomic E-state index is 11.1. The normalized spacial score (nSPS) is 11.4. The van der Waals surface area contributed by atoms with Gasteiger partial charge in [-0.15, -0.1) is 0 Å². The van der Waals surface area contributed by atoms with Gasteiger partial charge in [0.05, 0.1) is 13.2 Å². The van der Waals surface area contributed by atoms with Crippen LogP contribution in [0, 0.1) is 0 Å². The quantitative estimate of drug-likeness (QED) is 0.532. The van der Waals surface area contributed by atoms with Crippen molar-refractivity contribution in [2.75, 3.05) is 13.2 Å². The number of carbonyl (C=O) groups is 1. The lowest BCUT2D eigenvalue weighted by Gasteiger charge is -2.19. The first kappa shape index (κ1) is 15.0. The van der Waals surface area contributed by atoms with Gasteiger partial charge in [-0.25, -0.2) is 5.48 Å². The zero-order chi connectivity index (χ0) is 11.7. The lowest BCUT2D eigenvalue weighted by Crippen LogP contribution is -2.22.